The molecule has 5 heteroatoms. The van der Waals surface area contributed by atoms with Crippen molar-refractivity contribution in [3.05, 3.63) is 35.9 Å². The highest BCUT2D eigenvalue weighted by Crippen LogP contribution is 2.05. The molecule has 1 aromatic rings. The molecule has 110 valence electrons. The number of hydrogen-bond acceptors (Lipinski definition) is 3. The molecule has 20 heavy (non-hydrogen) atoms. The molecule has 1 rings (SSSR count). The van der Waals surface area contributed by atoms with Crippen molar-refractivity contribution < 1.29 is 9.59 Å². The zero-order chi connectivity index (χ0) is 15.1. The maximum atomic E-state index is 12.1. The molecular weight excluding hydrogens is 254 g/mol. The van der Waals surface area contributed by atoms with Crippen LogP contribution < -0.4 is 5.73 Å². The van der Waals surface area contributed by atoms with E-state index in [0.29, 0.717) is 6.42 Å². The number of aryl methyl sites for hydroxylation is 1. The topological polar surface area (TPSA) is 66.6 Å². The molecule has 0 bridgehead atoms. The van der Waals surface area contributed by atoms with E-state index in [1.54, 1.807) is 21.1 Å². The molecule has 0 aliphatic heterocycles. The van der Waals surface area contributed by atoms with Gasteiger partial charge < -0.3 is 15.5 Å². The summed E-state index contributed by atoms with van der Waals surface area (Å²) in [6.45, 7) is 0.0604. The average molecular weight is 277 g/mol. The Kier molecular flexibility index (Phi) is 6.18. The monoisotopic (exact) mass is 277 g/mol. The lowest BCUT2D eigenvalue weighted by Gasteiger charge is -2.22. The van der Waals surface area contributed by atoms with Crippen molar-refractivity contribution in [2.24, 2.45) is 5.73 Å². The number of nitrogens with two attached hydrogens (primary N) is 1. The second-order valence-corrected chi connectivity index (χ2v) is 5.11. The van der Waals surface area contributed by atoms with Crippen LogP contribution in [0.25, 0.3) is 0 Å². The number of carbonyl (C=O) groups is 2. The van der Waals surface area contributed by atoms with Gasteiger partial charge in [-0.05, 0) is 18.4 Å². The van der Waals surface area contributed by atoms with Crippen LogP contribution in [0.3, 0.4) is 0 Å². The highest BCUT2D eigenvalue weighted by Gasteiger charge is 2.20. The van der Waals surface area contributed by atoms with Gasteiger partial charge in [0, 0.05) is 21.1 Å². The molecule has 0 saturated carbocycles. The number of hydrogen-bond donors (Lipinski definition) is 1. The minimum Gasteiger partial charge on any atom is -0.347 e. The third kappa shape index (κ3) is 5.01. The summed E-state index contributed by atoms with van der Waals surface area (Å²) in [5.74, 6) is -0.313. The van der Waals surface area contributed by atoms with E-state index in [9.17, 15) is 9.59 Å². The van der Waals surface area contributed by atoms with E-state index in [0.717, 1.165) is 12.0 Å². The van der Waals surface area contributed by atoms with Crippen LogP contribution in [0.4, 0.5) is 0 Å². The molecule has 1 atom stereocenters. The summed E-state index contributed by atoms with van der Waals surface area (Å²) in [7, 11) is 4.93. The van der Waals surface area contributed by atoms with Crippen molar-refractivity contribution >= 4 is 11.8 Å². The average Bonchev–Trinajstić information content (AvgIpc) is 2.44. The van der Waals surface area contributed by atoms with E-state index in [1.165, 1.54) is 9.80 Å². The normalized spacial score (nSPS) is 11.8. The lowest BCUT2D eigenvalue weighted by Crippen LogP contribution is -2.45. The molecule has 2 N–H and O–H groups in total. The first kappa shape index (κ1) is 16.2. The fourth-order valence-electron chi connectivity index (χ4n) is 1.80. The molecular formula is C15H23N3O2. The molecule has 0 heterocycles. The van der Waals surface area contributed by atoms with Gasteiger partial charge >= 0.3 is 0 Å². The van der Waals surface area contributed by atoms with E-state index < -0.39 is 6.04 Å². The summed E-state index contributed by atoms with van der Waals surface area (Å²) in [5.41, 5.74) is 7.06. The predicted molar refractivity (Wildman–Crippen MR) is 79.1 cm³/mol. The van der Waals surface area contributed by atoms with E-state index in [-0.39, 0.29) is 18.4 Å². The Labute approximate surface area is 120 Å². The van der Waals surface area contributed by atoms with Crippen LogP contribution in [0.15, 0.2) is 30.3 Å². The quantitative estimate of drug-likeness (QED) is 0.823. The second kappa shape index (κ2) is 7.65. The smallest absolute Gasteiger partial charge is 0.241 e. The summed E-state index contributed by atoms with van der Waals surface area (Å²) in [6.07, 6.45) is 1.33. The Morgan fingerprint density at radius 1 is 1.15 bits per heavy atom. The number of rotatable bonds is 6. The third-order valence-electron chi connectivity index (χ3n) is 3.15. The zero-order valence-electron chi connectivity index (χ0n) is 12.4. The minimum absolute atomic E-state index is 0.0604. The van der Waals surface area contributed by atoms with Crippen molar-refractivity contribution in [3.63, 3.8) is 0 Å². The lowest BCUT2D eigenvalue weighted by molar-refractivity contribution is -0.138. The van der Waals surface area contributed by atoms with Crippen molar-refractivity contribution in [3.8, 4) is 0 Å². The van der Waals surface area contributed by atoms with E-state index >= 15 is 0 Å². The molecule has 5 nitrogen and oxygen atoms in total. The molecule has 2 amide bonds. The molecule has 1 aromatic carbocycles. The Morgan fingerprint density at radius 3 is 2.30 bits per heavy atom. The Balaban J connectivity index is 2.44. The van der Waals surface area contributed by atoms with Crippen LogP contribution in [0.1, 0.15) is 12.0 Å². The van der Waals surface area contributed by atoms with Crippen molar-refractivity contribution in [2.75, 3.05) is 27.7 Å². The van der Waals surface area contributed by atoms with Crippen LogP contribution >= 0.6 is 0 Å². The maximum Gasteiger partial charge on any atom is 0.241 e. The first-order valence-electron chi connectivity index (χ1n) is 6.66. The maximum absolute atomic E-state index is 12.1. The van der Waals surface area contributed by atoms with Crippen LogP contribution in [0.5, 0.6) is 0 Å². The van der Waals surface area contributed by atoms with Gasteiger partial charge in [0.15, 0.2) is 0 Å². The van der Waals surface area contributed by atoms with E-state index in [4.69, 9.17) is 5.73 Å². The highest BCUT2D eigenvalue weighted by molar-refractivity contribution is 5.87. The van der Waals surface area contributed by atoms with Gasteiger partial charge in [0.1, 0.15) is 0 Å². The van der Waals surface area contributed by atoms with Crippen molar-refractivity contribution in [1.29, 1.82) is 0 Å². The molecule has 0 aromatic heterocycles. The zero-order valence-corrected chi connectivity index (χ0v) is 12.4. The molecule has 0 aliphatic rings. The van der Waals surface area contributed by atoms with E-state index in [1.807, 2.05) is 30.3 Å². The molecule has 0 fully saturated rings. The summed E-state index contributed by atoms with van der Waals surface area (Å²) < 4.78 is 0. The minimum atomic E-state index is -0.574. The van der Waals surface area contributed by atoms with Gasteiger partial charge in [-0.25, -0.2) is 0 Å². The Morgan fingerprint density at radius 2 is 1.75 bits per heavy atom. The van der Waals surface area contributed by atoms with Crippen LogP contribution in [0, 0.1) is 0 Å². The standard InChI is InChI=1S/C15H23N3O2/c1-17(2)14(19)11-18(3)15(20)13(16)10-9-12-7-5-4-6-8-12/h4-8,13H,9-11,16H2,1-3H3/t13-/m0/s1. The predicted octanol–water partition coefficient (Wildman–Crippen LogP) is 0.493. The van der Waals surface area contributed by atoms with Crippen LogP contribution in [-0.4, -0.2) is 55.3 Å². The van der Waals surface area contributed by atoms with Gasteiger partial charge in [-0.3, -0.25) is 9.59 Å². The number of nitrogens with zero attached hydrogens (tertiary/aromatic N) is 2. The highest BCUT2D eigenvalue weighted by atomic mass is 16.2. The Hall–Kier alpha value is -1.88. The molecule has 0 unspecified atom stereocenters. The van der Waals surface area contributed by atoms with Gasteiger partial charge in [-0.15, -0.1) is 0 Å². The fourth-order valence-corrected chi connectivity index (χ4v) is 1.80. The summed E-state index contributed by atoms with van der Waals surface area (Å²) in [6, 6.07) is 9.33. The molecule has 0 spiro atoms. The second-order valence-electron chi connectivity index (χ2n) is 5.11. The Bertz CT molecular complexity index is 446. The van der Waals surface area contributed by atoms with Crippen molar-refractivity contribution in [2.45, 2.75) is 18.9 Å². The van der Waals surface area contributed by atoms with Crippen LogP contribution in [0.2, 0.25) is 0 Å². The van der Waals surface area contributed by atoms with E-state index in [2.05, 4.69) is 0 Å². The summed E-state index contributed by atoms with van der Waals surface area (Å²) in [5, 5.41) is 0. The van der Waals surface area contributed by atoms with Gasteiger partial charge in [0.25, 0.3) is 0 Å². The summed E-state index contributed by atoms with van der Waals surface area (Å²) >= 11 is 0. The van der Waals surface area contributed by atoms with Crippen LogP contribution in [-0.2, 0) is 16.0 Å². The van der Waals surface area contributed by atoms with Gasteiger partial charge in [0.05, 0.1) is 12.6 Å². The van der Waals surface area contributed by atoms with Gasteiger partial charge in [-0.2, -0.15) is 0 Å². The first-order chi connectivity index (χ1) is 9.41. The fraction of sp³-hybridized carbons (Fsp3) is 0.467. The number of benzene rings is 1. The van der Waals surface area contributed by atoms with Gasteiger partial charge in [0.2, 0.25) is 11.8 Å². The SMILES string of the molecule is CN(C)C(=O)CN(C)C(=O)[C@@H](N)CCc1ccccc1. The largest absolute Gasteiger partial charge is 0.347 e. The number of likely N-dealkylation sites (N-methyl/N-ethyl adjacent to an activating group) is 2. The molecule has 0 radical (unpaired) electrons. The molecule has 0 aliphatic carbocycles. The first-order valence-corrected chi connectivity index (χ1v) is 6.66. The number of amides is 2. The number of carbonyl (C=O) groups excluding carboxylic acids is 2. The van der Waals surface area contributed by atoms with Gasteiger partial charge in [-0.1, -0.05) is 30.3 Å². The molecule has 0 saturated heterocycles. The third-order valence-corrected chi connectivity index (χ3v) is 3.15. The summed E-state index contributed by atoms with van der Waals surface area (Å²) in [4.78, 5) is 26.4. The lowest BCUT2D eigenvalue weighted by atomic mass is 10.1. The van der Waals surface area contributed by atoms with Crippen molar-refractivity contribution in [1.82, 2.24) is 9.80 Å².